The van der Waals surface area contributed by atoms with E-state index in [4.69, 9.17) is 21.4 Å². The smallest absolute Gasteiger partial charge is 0.306 e. The van der Waals surface area contributed by atoms with Crippen LogP contribution in [0.2, 0.25) is 5.15 Å². The Bertz CT molecular complexity index is 416. The van der Waals surface area contributed by atoms with Gasteiger partial charge in [-0.2, -0.15) is 5.10 Å². The number of carboxylic acid groups (broad SMARTS) is 1. The highest BCUT2D eigenvalue weighted by molar-refractivity contribution is 6.30. The summed E-state index contributed by atoms with van der Waals surface area (Å²) in [6.07, 6.45) is 1.25. The van der Waals surface area contributed by atoms with Crippen LogP contribution in [-0.4, -0.2) is 27.5 Å². The second-order valence-corrected chi connectivity index (χ2v) is 4.30. The molecule has 1 N–H and O–H groups in total. The van der Waals surface area contributed by atoms with Gasteiger partial charge in [0.25, 0.3) is 0 Å². The molecule has 0 aliphatic carbocycles. The number of aliphatic carboxylic acids is 1. The molecule has 16 heavy (non-hydrogen) atoms. The normalized spacial score (nSPS) is 16.4. The maximum absolute atomic E-state index is 10.8. The van der Waals surface area contributed by atoms with Crippen LogP contribution in [-0.2, 0) is 17.8 Å². The quantitative estimate of drug-likeness (QED) is 0.877. The first kappa shape index (κ1) is 11.3. The van der Waals surface area contributed by atoms with Gasteiger partial charge in [-0.1, -0.05) is 18.5 Å². The van der Waals surface area contributed by atoms with Crippen molar-refractivity contribution < 1.29 is 14.6 Å². The molecular weight excluding hydrogens is 232 g/mol. The third-order valence-electron chi connectivity index (χ3n) is 2.64. The summed E-state index contributed by atoms with van der Waals surface area (Å²) in [7, 11) is 0. The molecule has 0 spiro atoms. The van der Waals surface area contributed by atoms with E-state index in [9.17, 15) is 4.79 Å². The van der Waals surface area contributed by atoms with E-state index < -0.39 is 11.9 Å². The standard InChI is InChI=1S/C10H13ClN2O3/c1-6(10(14)15)5-7-8(11)12-13-3-2-4-16-9(7)13/h6H,2-5H2,1H3,(H,14,15). The van der Waals surface area contributed by atoms with Gasteiger partial charge >= 0.3 is 5.97 Å². The Hall–Kier alpha value is -1.23. The molecular formula is C10H13ClN2O3. The highest BCUT2D eigenvalue weighted by atomic mass is 35.5. The van der Waals surface area contributed by atoms with Crippen molar-refractivity contribution in [2.45, 2.75) is 26.3 Å². The molecule has 0 saturated heterocycles. The number of hydrogen-bond acceptors (Lipinski definition) is 3. The Morgan fingerprint density at radius 2 is 2.50 bits per heavy atom. The van der Waals surface area contributed by atoms with E-state index in [1.807, 2.05) is 0 Å². The third kappa shape index (κ3) is 2.00. The zero-order valence-electron chi connectivity index (χ0n) is 8.94. The van der Waals surface area contributed by atoms with Gasteiger partial charge in [-0.15, -0.1) is 0 Å². The fourth-order valence-electron chi connectivity index (χ4n) is 1.72. The van der Waals surface area contributed by atoms with Crippen LogP contribution in [0.25, 0.3) is 0 Å². The van der Waals surface area contributed by atoms with E-state index in [1.165, 1.54) is 0 Å². The predicted molar refractivity (Wildman–Crippen MR) is 57.9 cm³/mol. The van der Waals surface area contributed by atoms with Crippen LogP contribution in [0.4, 0.5) is 0 Å². The van der Waals surface area contributed by atoms with Gasteiger partial charge in [-0.05, 0) is 6.42 Å². The lowest BCUT2D eigenvalue weighted by molar-refractivity contribution is -0.141. The van der Waals surface area contributed by atoms with Crippen LogP contribution in [0.5, 0.6) is 5.88 Å². The van der Waals surface area contributed by atoms with Crippen molar-refractivity contribution in [1.29, 1.82) is 0 Å². The zero-order chi connectivity index (χ0) is 11.7. The lowest BCUT2D eigenvalue weighted by atomic mass is 10.0. The molecule has 0 amide bonds. The monoisotopic (exact) mass is 244 g/mol. The van der Waals surface area contributed by atoms with Crippen molar-refractivity contribution in [2.75, 3.05) is 6.61 Å². The van der Waals surface area contributed by atoms with Gasteiger partial charge in [0.2, 0.25) is 5.88 Å². The van der Waals surface area contributed by atoms with Gasteiger partial charge in [-0.3, -0.25) is 4.79 Å². The number of carboxylic acids is 1. The van der Waals surface area contributed by atoms with Crippen molar-refractivity contribution in [3.8, 4) is 5.88 Å². The Balaban J connectivity index is 2.26. The number of nitrogens with zero attached hydrogens (tertiary/aromatic N) is 2. The van der Waals surface area contributed by atoms with Crippen molar-refractivity contribution in [2.24, 2.45) is 5.92 Å². The molecule has 0 bridgehead atoms. The minimum Gasteiger partial charge on any atom is -0.481 e. The lowest BCUT2D eigenvalue weighted by Gasteiger charge is -2.16. The summed E-state index contributed by atoms with van der Waals surface area (Å²) in [4.78, 5) is 10.8. The fourth-order valence-corrected chi connectivity index (χ4v) is 1.97. The van der Waals surface area contributed by atoms with Gasteiger partial charge in [0.1, 0.15) is 0 Å². The van der Waals surface area contributed by atoms with Crippen LogP contribution in [0.15, 0.2) is 0 Å². The number of rotatable bonds is 3. The maximum Gasteiger partial charge on any atom is 0.306 e. The van der Waals surface area contributed by atoms with E-state index in [-0.39, 0.29) is 0 Å². The molecule has 88 valence electrons. The molecule has 1 aromatic rings. The average molecular weight is 245 g/mol. The van der Waals surface area contributed by atoms with E-state index >= 15 is 0 Å². The van der Waals surface area contributed by atoms with Crippen LogP contribution in [0.3, 0.4) is 0 Å². The van der Waals surface area contributed by atoms with Gasteiger partial charge < -0.3 is 9.84 Å². The number of hydrogen-bond donors (Lipinski definition) is 1. The van der Waals surface area contributed by atoms with Crippen LogP contribution in [0, 0.1) is 5.92 Å². The second kappa shape index (κ2) is 4.33. The summed E-state index contributed by atoms with van der Waals surface area (Å²) in [5.74, 6) is -0.701. The molecule has 5 nitrogen and oxygen atoms in total. The molecule has 0 radical (unpaired) electrons. The first-order chi connectivity index (χ1) is 7.59. The minimum absolute atomic E-state index is 0.351. The summed E-state index contributed by atoms with van der Waals surface area (Å²) >= 11 is 5.98. The van der Waals surface area contributed by atoms with Gasteiger partial charge in [0.05, 0.1) is 18.1 Å². The molecule has 0 saturated carbocycles. The average Bonchev–Trinajstić information content (AvgIpc) is 2.55. The molecule has 6 heteroatoms. The van der Waals surface area contributed by atoms with Crippen molar-refractivity contribution in [3.05, 3.63) is 10.7 Å². The molecule has 1 aliphatic heterocycles. The number of halogens is 1. The van der Waals surface area contributed by atoms with Gasteiger partial charge in [-0.25, -0.2) is 4.68 Å². The molecule has 1 atom stereocenters. The zero-order valence-corrected chi connectivity index (χ0v) is 9.70. The summed E-state index contributed by atoms with van der Waals surface area (Å²) in [6.45, 7) is 3.05. The molecule has 2 rings (SSSR count). The van der Waals surface area contributed by atoms with E-state index in [0.29, 0.717) is 29.6 Å². The summed E-state index contributed by atoms with van der Waals surface area (Å²) in [5.41, 5.74) is 0.705. The van der Waals surface area contributed by atoms with E-state index in [1.54, 1.807) is 11.6 Å². The highest BCUT2D eigenvalue weighted by Crippen LogP contribution is 2.31. The number of aryl methyl sites for hydroxylation is 1. The minimum atomic E-state index is -0.841. The summed E-state index contributed by atoms with van der Waals surface area (Å²) in [6, 6.07) is 0. The Kier molecular flexibility index (Phi) is 3.05. The van der Waals surface area contributed by atoms with Crippen LogP contribution >= 0.6 is 11.6 Å². The lowest BCUT2D eigenvalue weighted by Crippen LogP contribution is -2.17. The molecule has 0 fully saturated rings. The molecule has 1 aliphatic rings. The van der Waals surface area contributed by atoms with Crippen molar-refractivity contribution >= 4 is 17.6 Å². The highest BCUT2D eigenvalue weighted by Gasteiger charge is 2.24. The van der Waals surface area contributed by atoms with Crippen LogP contribution in [0.1, 0.15) is 18.9 Å². The van der Waals surface area contributed by atoms with Crippen molar-refractivity contribution in [1.82, 2.24) is 9.78 Å². The topological polar surface area (TPSA) is 64.4 Å². The van der Waals surface area contributed by atoms with Gasteiger partial charge in [0.15, 0.2) is 5.15 Å². The van der Waals surface area contributed by atoms with Crippen molar-refractivity contribution in [3.63, 3.8) is 0 Å². The van der Waals surface area contributed by atoms with E-state index in [2.05, 4.69) is 5.10 Å². The summed E-state index contributed by atoms with van der Waals surface area (Å²) < 4.78 is 7.18. The predicted octanol–water partition coefficient (Wildman–Crippen LogP) is 1.58. The molecule has 2 heterocycles. The summed E-state index contributed by atoms with van der Waals surface area (Å²) in [5, 5.41) is 13.3. The molecule has 0 aromatic carbocycles. The number of fused-ring (bicyclic) bond motifs is 1. The SMILES string of the molecule is CC(Cc1c(Cl)nn2c1OCCC2)C(=O)O. The number of ether oxygens (including phenoxy) is 1. The Morgan fingerprint density at radius 3 is 3.19 bits per heavy atom. The van der Waals surface area contributed by atoms with E-state index in [0.717, 1.165) is 13.0 Å². The first-order valence-electron chi connectivity index (χ1n) is 5.20. The van der Waals surface area contributed by atoms with Gasteiger partial charge in [0, 0.05) is 13.0 Å². The largest absolute Gasteiger partial charge is 0.481 e. The molecule has 1 aromatic heterocycles. The fraction of sp³-hybridized carbons (Fsp3) is 0.600. The maximum atomic E-state index is 10.8. The molecule has 1 unspecified atom stereocenters. The number of aromatic nitrogens is 2. The second-order valence-electron chi connectivity index (χ2n) is 3.94. The third-order valence-corrected chi connectivity index (χ3v) is 2.94. The first-order valence-corrected chi connectivity index (χ1v) is 5.58. The Morgan fingerprint density at radius 1 is 1.75 bits per heavy atom. The number of carbonyl (C=O) groups is 1. The Labute approximate surface area is 98.0 Å². The van der Waals surface area contributed by atoms with Crippen LogP contribution < -0.4 is 4.74 Å².